The van der Waals surface area contributed by atoms with Crippen molar-refractivity contribution in [3.05, 3.63) is 23.8 Å². The van der Waals surface area contributed by atoms with Crippen molar-refractivity contribution in [1.82, 2.24) is 5.48 Å². The molecule has 1 aromatic rings. The number of aliphatic hydroxyl groups excluding tert-OH is 1. The van der Waals surface area contributed by atoms with Crippen LogP contribution in [0.4, 0.5) is 11.4 Å². The lowest BCUT2D eigenvalue weighted by Crippen LogP contribution is -2.35. The molecule has 0 atom stereocenters. The number of piperidine rings is 1. The van der Waals surface area contributed by atoms with E-state index in [2.05, 4.69) is 16.0 Å². The van der Waals surface area contributed by atoms with Gasteiger partial charge in [0, 0.05) is 18.8 Å². The molecule has 1 fully saturated rings. The lowest BCUT2D eigenvalue weighted by Gasteiger charge is -2.31. The van der Waals surface area contributed by atoms with Gasteiger partial charge in [-0.3, -0.25) is 10.7 Å². The lowest BCUT2D eigenvalue weighted by atomic mass is 10.1. The average molecular weight is 249 g/mol. The summed E-state index contributed by atoms with van der Waals surface area (Å²) in [6.45, 7) is 3.77. The maximum absolute atomic E-state index is 9.49. The summed E-state index contributed by atoms with van der Waals surface area (Å²) in [5.74, 6) is 0. The van der Waals surface area contributed by atoms with Crippen molar-refractivity contribution in [3.63, 3.8) is 0 Å². The topological polar surface area (TPSA) is 68.1 Å². The van der Waals surface area contributed by atoms with Gasteiger partial charge < -0.3 is 10.0 Å². The third-order valence-electron chi connectivity index (χ3n) is 3.27. The Morgan fingerprint density at radius 1 is 1.39 bits per heavy atom. The zero-order valence-corrected chi connectivity index (χ0v) is 10.5. The quantitative estimate of drug-likeness (QED) is 0.432. The van der Waals surface area contributed by atoms with E-state index in [-0.39, 0.29) is 6.10 Å². The molecule has 0 bridgehead atoms. The fourth-order valence-electron chi connectivity index (χ4n) is 2.20. The van der Waals surface area contributed by atoms with Gasteiger partial charge in [-0.15, -0.1) is 0 Å². The highest BCUT2D eigenvalue weighted by molar-refractivity contribution is 5.64. The molecule has 0 amide bonds. The number of aliphatic hydroxyl groups is 1. The highest BCUT2D eigenvalue weighted by Gasteiger charge is 2.17. The Labute approximate surface area is 107 Å². The Kier molecular flexibility index (Phi) is 4.17. The molecular weight excluding hydrogens is 230 g/mol. The molecule has 1 aromatic carbocycles. The van der Waals surface area contributed by atoms with Gasteiger partial charge in [0.2, 0.25) is 0 Å². The van der Waals surface area contributed by atoms with Crippen LogP contribution in [0, 0.1) is 6.92 Å². The Balaban J connectivity index is 2.11. The summed E-state index contributed by atoms with van der Waals surface area (Å²) in [6.07, 6.45) is 2.75. The first-order chi connectivity index (χ1) is 8.70. The second kappa shape index (κ2) is 5.84. The zero-order valence-electron chi connectivity index (χ0n) is 10.5. The number of aryl methyl sites for hydroxylation is 1. The van der Waals surface area contributed by atoms with Crippen molar-refractivity contribution < 1.29 is 10.3 Å². The van der Waals surface area contributed by atoms with Crippen LogP contribution in [0.1, 0.15) is 18.4 Å². The zero-order chi connectivity index (χ0) is 13.0. The van der Waals surface area contributed by atoms with Crippen LogP contribution in [0.25, 0.3) is 0 Å². The molecule has 0 spiro atoms. The summed E-state index contributed by atoms with van der Waals surface area (Å²) >= 11 is 0. The first kappa shape index (κ1) is 12.9. The van der Waals surface area contributed by atoms with Crippen molar-refractivity contribution in [2.75, 3.05) is 18.0 Å². The predicted molar refractivity (Wildman–Crippen MR) is 71.7 cm³/mol. The molecule has 5 heteroatoms. The Bertz CT molecular complexity index is 426. The molecule has 5 nitrogen and oxygen atoms in total. The van der Waals surface area contributed by atoms with Crippen LogP contribution in [0.5, 0.6) is 0 Å². The molecule has 1 aliphatic heterocycles. The van der Waals surface area contributed by atoms with Gasteiger partial charge in [-0.05, 0) is 43.5 Å². The Morgan fingerprint density at radius 2 is 2.11 bits per heavy atom. The lowest BCUT2D eigenvalue weighted by molar-refractivity contribution is 0.145. The minimum atomic E-state index is -0.151. The first-order valence-corrected chi connectivity index (χ1v) is 6.16. The minimum Gasteiger partial charge on any atom is -0.393 e. The number of rotatable bonds is 3. The molecule has 0 saturated carbocycles. The minimum absolute atomic E-state index is 0.151. The summed E-state index contributed by atoms with van der Waals surface area (Å²) in [6, 6.07) is 6.04. The maximum atomic E-state index is 9.49. The fourth-order valence-corrected chi connectivity index (χ4v) is 2.20. The molecule has 0 aliphatic carbocycles. The maximum Gasteiger partial charge on any atom is 0.113 e. The predicted octanol–water partition coefficient (Wildman–Crippen LogP) is 1.59. The molecule has 18 heavy (non-hydrogen) atoms. The first-order valence-electron chi connectivity index (χ1n) is 6.16. The molecule has 0 radical (unpaired) electrons. The second-order valence-corrected chi connectivity index (χ2v) is 4.58. The SMILES string of the molecule is Cc1cc(N2CCC(O)CC2)ccc1N=CNO. The molecule has 2 rings (SSSR count). The van der Waals surface area contributed by atoms with E-state index < -0.39 is 0 Å². The standard InChI is InChI=1S/C13H19N3O2/c1-10-8-11(2-3-13(10)14-9-15-18)16-6-4-12(17)5-7-16/h2-3,8-9,12,17-18H,4-7H2,1H3,(H,14,15). The van der Waals surface area contributed by atoms with Crippen molar-refractivity contribution in [1.29, 1.82) is 0 Å². The highest BCUT2D eigenvalue weighted by atomic mass is 16.5. The van der Waals surface area contributed by atoms with Gasteiger partial charge in [0.25, 0.3) is 0 Å². The smallest absolute Gasteiger partial charge is 0.113 e. The molecule has 98 valence electrons. The van der Waals surface area contributed by atoms with Crippen LogP contribution in [-0.2, 0) is 0 Å². The van der Waals surface area contributed by atoms with Gasteiger partial charge in [-0.1, -0.05) is 0 Å². The third-order valence-corrected chi connectivity index (χ3v) is 3.27. The Hall–Kier alpha value is -1.59. The van der Waals surface area contributed by atoms with Gasteiger partial charge in [0.15, 0.2) is 0 Å². The average Bonchev–Trinajstić information content (AvgIpc) is 2.38. The molecule has 0 aromatic heterocycles. The monoisotopic (exact) mass is 249 g/mol. The molecule has 1 heterocycles. The highest BCUT2D eigenvalue weighted by Crippen LogP contribution is 2.26. The van der Waals surface area contributed by atoms with Gasteiger partial charge >= 0.3 is 0 Å². The number of hydroxylamine groups is 1. The number of hydrogen-bond donors (Lipinski definition) is 3. The van der Waals surface area contributed by atoms with Crippen LogP contribution >= 0.6 is 0 Å². The van der Waals surface area contributed by atoms with Crippen molar-refractivity contribution in [2.24, 2.45) is 4.99 Å². The molecule has 1 saturated heterocycles. The van der Waals surface area contributed by atoms with E-state index in [1.807, 2.05) is 24.5 Å². The Morgan fingerprint density at radius 3 is 2.72 bits per heavy atom. The van der Waals surface area contributed by atoms with Crippen molar-refractivity contribution in [2.45, 2.75) is 25.9 Å². The van der Waals surface area contributed by atoms with Crippen LogP contribution < -0.4 is 10.4 Å². The van der Waals surface area contributed by atoms with E-state index in [0.29, 0.717) is 0 Å². The summed E-state index contributed by atoms with van der Waals surface area (Å²) < 4.78 is 0. The van der Waals surface area contributed by atoms with Gasteiger partial charge in [-0.25, -0.2) is 4.99 Å². The number of nitrogens with one attached hydrogen (secondary N) is 1. The van der Waals surface area contributed by atoms with E-state index in [4.69, 9.17) is 5.21 Å². The van der Waals surface area contributed by atoms with Crippen LogP contribution in [0.15, 0.2) is 23.2 Å². The largest absolute Gasteiger partial charge is 0.393 e. The number of anilines is 1. The van der Waals surface area contributed by atoms with Crippen molar-refractivity contribution >= 4 is 17.7 Å². The summed E-state index contributed by atoms with van der Waals surface area (Å²) in [4.78, 5) is 6.35. The molecular formula is C13H19N3O2. The number of aliphatic imine (C=N–C) groups is 1. The normalized spacial score (nSPS) is 17.4. The number of hydrogen-bond acceptors (Lipinski definition) is 4. The second-order valence-electron chi connectivity index (χ2n) is 4.58. The van der Waals surface area contributed by atoms with Crippen LogP contribution in [-0.4, -0.2) is 35.8 Å². The van der Waals surface area contributed by atoms with E-state index in [1.54, 1.807) is 0 Å². The van der Waals surface area contributed by atoms with Gasteiger partial charge in [-0.2, -0.15) is 0 Å². The van der Waals surface area contributed by atoms with Gasteiger partial charge in [0.05, 0.1) is 11.8 Å². The summed E-state index contributed by atoms with van der Waals surface area (Å²) in [5.41, 5.74) is 4.95. The number of benzene rings is 1. The summed E-state index contributed by atoms with van der Waals surface area (Å²) in [5, 5.41) is 18.0. The van der Waals surface area contributed by atoms with E-state index in [1.165, 1.54) is 6.34 Å². The molecule has 3 N–H and O–H groups in total. The summed E-state index contributed by atoms with van der Waals surface area (Å²) in [7, 11) is 0. The van der Waals surface area contributed by atoms with E-state index in [9.17, 15) is 5.11 Å². The van der Waals surface area contributed by atoms with Gasteiger partial charge in [0.1, 0.15) is 6.34 Å². The van der Waals surface area contributed by atoms with Crippen LogP contribution in [0.2, 0.25) is 0 Å². The van der Waals surface area contributed by atoms with Crippen LogP contribution in [0.3, 0.4) is 0 Å². The van der Waals surface area contributed by atoms with Crippen molar-refractivity contribution in [3.8, 4) is 0 Å². The molecule has 0 unspecified atom stereocenters. The van der Waals surface area contributed by atoms with E-state index in [0.717, 1.165) is 42.9 Å². The van der Waals surface area contributed by atoms with E-state index >= 15 is 0 Å². The fraction of sp³-hybridized carbons (Fsp3) is 0.462. The third kappa shape index (κ3) is 3.00. The molecule has 1 aliphatic rings. The number of nitrogens with zero attached hydrogens (tertiary/aromatic N) is 2.